The van der Waals surface area contributed by atoms with E-state index in [0.29, 0.717) is 11.4 Å². The summed E-state index contributed by atoms with van der Waals surface area (Å²) in [4.78, 5) is 0. The summed E-state index contributed by atoms with van der Waals surface area (Å²) in [6.45, 7) is 0. The Balaban J connectivity index is 3.16. The van der Waals surface area contributed by atoms with Crippen LogP contribution in [0.1, 0.15) is 5.56 Å². The van der Waals surface area contributed by atoms with Gasteiger partial charge in [0, 0.05) is 0 Å². The van der Waals surface area contributed by atoms with E-state index in [4.69, 9.17) is 10.9 Å². The number of aryl methyl sites for hydroxylation is 1. The molecule has 0 bridgehead atoms. The van der Waals surface area contributed by atoms with Gasteiger partial charge in [0.05, 0.1) is 25.0 Å². The lowest BCUT2D eigenvalue weighted by Gasteiger charge is -1.96. The van der Waals surface area contributed by atoms with Crippen molar-refractivity contribution in [2.75, 3.05) is 5.73 Å². The number of hydrogen-bond donors (Lipinski definition) is 2. The van der Waals surface area contributed by atoms with E-state index in [1.54, 1.807) is 10.6 Å². The molecule has 0 aliphatic rings. The molecular weight excluding hydrogens is 142 g/mol. The van der Waals surface area contributed by atoms with Crippen LogP contribution in [-0.4, -0.2) is 11.4 Å². The minimum atomic E-state index is 0.574. The highest BCUT2D eigenvalue weighted by Gasteiger charge is 2.03. The first-order valence-corrected chi connectivity index (χ1v) is 3.17. The van der Waals surface area contributed by atoms with Crippen molar-refractivity contribution in [2.24, 2.45) is 12.2 Å². The number of nitrogens with two attached hydrogens (primary N) is 1. The predicted molar refractivity (Wildman–Crippen MR) is 41.4 cm³/mol. The predicted octanol–water partition coefficient (Wildman–Crippen LogP) is -0.0986. The first-order valence-electron chi connectivity index (χ1n) is 3.17. The molecule has 0 aliphatic heterocycles. The third-order valence-corrected chi connectivity index (χ3v) is 1.46. The van der Waals surface area contributed by atoms with Gasteiger partial charge in [-0.3, -0.25) is 5.73 Å². The highest BCUT2D eigenvalue weighted by molar-refractivity contribution is 5.83. The van der Waals surface area contributed by atoms with E-state index in [1.807, 2.05) is 19.3 Å². The zero-order chi connectivity index (χ0) is 8.27. The third-order valence-electron chi connectivity index (χ3n) is 1.46. The molecule has 1 aromatic rings. The highest BCUT2D eigenvalue weighted by atomic mass is 16.4. The normalized spacial score (nSPS) is 10.6. The minimum Gasteiger partial charge on any atom is -0.411 e. The second-order valence-electron chi connectivity index (χ2n) is 2.20. The van der Waals surface area contributed by atoms with Gasteiger partial charge in [-0.1, -0.05) is 5.16 Å². The lowest BCUT2D eigenvalue weighted by atomic mass is 10.3. The summed E-state index contributed by atoms with van der Waals surface area (Å²) in [7, 11) is 1.82. The number of aromatic nitrogens is 1. The van der Waals surface area contributed by atoms with Gasteiger partial charge >= 0.3 is 0 Å². The standard InChI is InChI=1S/C7H9N3O/c1-10-4-2-3-6(5-9-11)7(10)8/h2-5,8,11H,1H3/p+1/b9-5-. The van der Waals surface area contributed by atoms with Crippen molar-refractivity contribution < 1.29 is 9.77 Å². The van der Waals surface area contributed by atoms with Crippen molar-refractivity contribution in [3.8, 4) is 0 Å². The summed E-state index contributed by atoms with van der Waals surface area (Å²) in [5.74, 6) is 0.574. The lowest BCUT2D eigenvalue weighted by molar-refractivity contribution is -0.656. The number of nitrogens with zero attached hydrogens (tertiary/aromatic N) is 2. The average molecular weight is 152 g/mol. The van der Waals surface area contributed by atoms with Gasteiger partial charge in [-0.2, -0.15) is 0 Å². The largest absolute Gasteiger partial charge is 0.411 e. The van der Waals surface area contributed by atoms with Crippen molar-refractivity contribution in [1.29, 1.82) is 0 Å². The number of hydrogen-bond acceptors (Lipinski definition) is 3. The number of pyridine rings is 1. The van der Waals surface area contributed by atoms with Crippen LogP contribution in [-0.2, 0) is 7.05 Å². The summed E-state index contributed by atoms with van der Waals surface area (Å²) in [6.07, 6.45) is 3.12. The Bertz CT molecular complexity index is 283. The smallest absolute Gasteiger partial charge is 0.281 e. The summed E-state index contributed by atoms with van der Waals surface area (Å²) >= 11 is 0. The second kappa shape index (κ2) is 3.01. The minimum absolute atomic E-state index is 0.574. The number of oxime groups is 1. The molecule has 0 amide bonds. The molecule has 0 fully saturated rings. The molecule has 0 spiro atoms. The molecule has 0 radical (unpaired) electrons. The van der Waals surface area contributed by atoms with E-state index in [-0.39, 0.29) is 0 Å². The van der Waals surface area contributed by atoms with Gasteiger partial charge < -0.3 is 5.21 Å². The molecule has 0 aromatic carbocycles. The van der Waals surface area contributed by atoms with Crippen molar-refractivity contribution in [3.05, 3.63) is 23.9 Å². The van der Waals surface area contributed by atoms with Crippen LogP contribution in [0.15, 0.2) is 23.5 Å². The maximum atomic E-state index is 8.24. The van der Waals surface area contributed by atoms with Gasteiger partial charge in [-0.15, -0.1) is 0 Å². The quantitative estimate of drug-likeness (QED) is 0.255. The monoisotopic (exact) mass is 152 g/mol. The van der Waals surface area contributed by atoms with Crippen LogP contribution in [0.5, 0.6) is 0 Å². The van der Waals surface area contributed by atoms with E-state index in [2.05, 4.69) is 5.16 Å². The van der Waals surface area contributed by atoms with E-state index >= 15 is 0 Å². The number of anilines is 1. The summed E-state index contributed by atoms with van der Waals surface area (Å²) in [6, 6.07) is 3.60. The molecule has 1 aromatic heterocycles. The third kappa shape index (κ3) is 1.46. The molecule has 11 heavy (non-hydrogen) atoms. The van der Waals surface area contributed by atoms with E-state index in [9.17, 15) is 0 Å². The first-order chi connectivity index (χ1) is 5.25. The van der Waals surface area contributed by atoms with Crippen LogP contribution in [0.3, 0.4) is 0 Å². The Morgan fingerprint density at radius 1 is 1.73 bits per heavy atom. The molecule has 0 atom stereocenters. The van der Waals surface area contributed by atoms with E-state index in [1.165, 1.54) is 6.21 Å². The van der Waals surface area contributed by atoms with Crippen LogP contribution in [0.2, 0.25) is 0 Å². The van der Waals surface area contributed by atoms with Gasteiger partial charge in [-0.05, 0) is 12.1 Å². The second-order valence-corrected chi connectivity index (χ2v) is 2.20. The van der Waals surface area contributed by atoms with Crippen molar-refractivity contribution in [3.63, 3.8) is 0 Å². The number of rotatable bonds is 1. The molecule has 0 saturated heterocycles. The molecule has 0 saturated carbocycles. The molecule has 1 heterocycles. The van der Waals surface area contributed by atoms with Gasteiger partial charge in [0.2, 0.25) is 0 Å². The van der Waals surface area contributed by atoms with Gasteiger partial charge in [-0.25, -0.2) is 4.57 Å². The Morgan fingerprint density at radius 3 is 3.09 bits per heavy atom. The van der Waals surface area contributed by atoms with Crippen molar-refractivity contribution >= 4 is 12.0 Å². The van der Waals surface area contributed by atoms with E-state index < -0.39 is 0 Å². The van der Waals surface area contributed by atoms with Crippen LogP contribution in [0.25, 0.3) is 0 Å². The summed E-state index contributed by atoms with van der Waals surface area (Å²) < 4.78 is 1.75. The summed E-state index contributed by atoms with van der Waals surface area (Å²) in [5.41, 5.74) is 6.34. The van der Waals surface area contributed by atoms with Crippen LogP contribution >= 0.6 is 0 Å². The lowest BCUT2D eigenvalue weighted by Crippen LogP contribution is -2.32. The highest BCUT2D eigenvalue weighted by Crippen LogP contribution is 1.99. The zero-order valence-electron chi connectivity index (χ0n) is 6.23. The SMILES string of the molecule is C[n+]1cccc(/C=N\O)c1N. The molecule has 0 unspecified atom stereocenters. The molecule has 3 N–H and O–H groups in total. The van der Waals surface area contributed by atoms with E-state index in [0.717, 1.165) is 0 Å². The van der Waals surface area contributed by atoms with Gasteiger partial charge in [0.25, 0.3) is 5.82 Å². The fraction of sp³-hybridized carbons (Fsp3) is 0.143. The van der Waals surface area contributed by atoms with Crippen molar-refractivity contribution in [2.45, 2.75) is 0 Å². The summed E-state index contributed by atoms with van der Waals surface area (Å²) in [5, 5.41) is 11.1. The van der Waals surface area contributed by atoms with Gasteiger partial charge in [0.15, 0.2) is 0 Å². The molecule has 0 aliphatic carbocycles. The molecule has 1 rings (SSSR count). The first kappa shape index (κ1) is 7.53. The number of nitrogen functional groups attached to an aromatic ring is 1. The van der Waals surface area contributed by atoms with Crippen LogP contribution in [0.4, 0.5) is 5.82 Å². The Hall–Kier alpha value is -1.58. The average Bonchev–Trinajstić information content (AvgIpc) is 1.99. The molecular formula is C7H10N3O+. The van der Waals surface area contributed by atoms with Crippen LogP contribution in [0, 0.1) is 0 Å². The molecule has 4 heteroatoms. The topological polar surface area (TPSA) is 62.5 Å². The zero-order valence-corrected chi connectivity index (χ0v) is 6.23. The molecule has 58 valence electrons. The Labute approximate surface area is 64.6 Å². The van der Waals surface area contributed by atoms with Crippen LogP contribution < -0.4 is 10.3 Å². The Kier molecular flexibility index (Phi) is 2.06. The fourth-order valence-corrected chi connectivity index (χ4v) is 0.816. The maximum Gasteiger partial charge on any atom is 0.281 e. The molecule has 4 nitrogen and oxygen atoms in total. The van der Waals surface area contributed by atoms with Crippen molar-refractivity contribution in [1.82, 2.24) is 0 Å². The van der Waals surface area contributed by atoms with Gasteiger partial charge in [0.1, 0.15) is 0 Å². The fourth-order valence-electron chi connectivity index (χ4n) is 0.816. The maximum absolute atomic E-state index is 8.24. The Morgan fingerprint density at radius 2 is 2.45 bits per heavy atom.